The molecule has 4 nitrogen and oxygen atoms in total. The largest absolute Gasteiger partial charge is 0.321 e. The third-order valence-electron chi connectivity index (χ3n) is 2.60. The molecule has 2 aromatic carbocycles. The van der Waals surface area contributed by atoms with Crippen molar-refractivity contribution in [1.82, 2.24) is 0 Å². The molecular formula is C15H8BrN3O. The molecule has 0 aliphatic rings. The van der Waals surface area contributed by atoms with Gasteiger partial charge in [-0.2, -0.15) is 10.5 Å². The summed E-state index contributed by atoms with van der Waals surface area (Å²) in [6.07, 6.45) is 0. The second-order valence-electron chi connectivity index (χ2n) is 3.95. The molecule has 5 heteroatoms. The van der Waals surface area contributed by atoms with Crippen molar-refractivity contribution >= 4 is 27.5 Å². The molecule has 96 valence electrons. The van der Waals surface area contributed by atoms with Gasteiger partial charge in [0, 0.05) is 10.0 Å². The minimum atomic E-state index is -0.360. The topological polar surface area (TPSA) is 76.7 Å². The van der Waals surface area contributed by atoms with Crippen LogP contribution in [0, 0.1) is 22.7 Å². The Morgan fingerprint density at radius 2 is 1.90 bits per heavy atom. The van der Waals surface area contributed by atoms with Crippen LogP contribution in [0.25, 0.3) is 0 Å². The van der Waals surface area contributed by atoms with E-state index in [2.05, 4.69) is 21.2 Å². The molecule has 0 unspecified atom stereocenters. The van der Waals surface area contributed by atoms with Crippen LogP contribution in [0.3, 0.4) is 0 Å². The fraction of sp³-hybridized carbons (Fsp3) is 0. The molecule has 0 aromatic heterocycles. The molecule has 0 fully saturated rings. The number of carbonyl (C=O) groups is 1. The monoisotopic (exact) mass is 325 g/mol. The Hall–Kier alpha value is -2.63. The van der Waals surface area contributed by atoms with Gasteiger partial charge in [-0.25, -0.2) is 0 Å². The zero-order valence-corrected chi connectivity index (χ0v) is 11.8. The van der Waals surface area contributed by atoms with Crippen molar-refractivity contribution in [2.45, 2.75) is 0 Å². The third-order valence-corrected chi connectivity index (χ3v) is 3.10. The molecule has 0 bridgehead atoms. The first-order chi connectivity index (χ1) is 9.63. The number of hydrogen-bond acceptors (Lipinski definition) is 3. The van der Waals surface area contributed by atoms with Crippen LogP contribution in [0.2, 0.25) is 0 Å². The molecule has 20 heavy (non-hydrogen) atoms. The fourth-order valence-electron chi connectivity index (χ4n) is 1.64. The van der Waals surface area contributed by atoms with Gasteiger partial charge in [-0.1, -0.05) is 22.0 Å². The fourth-order valence-corrected chi connectivity index (χ4v) is 2.00. The lowest BCUT2D eigenvalue weighted by atomic mass is 10.1. The van der Waals surface area contributed by atoms with Crippen molar-refractivity contribution in [2.24, 2.45) is 0 Å². The summed E-state index contributed by atoms with van der Waals surface area (Å²) in [4.78, 5) is 12.1. The van der Waals surface area contributed by atoms with Gasteiger partial charge in [-0.3, -0.25) is 4.79 Å². The summed E-state index contributed by atoms with van der Waals surface area (Å²) in [7, 11) is 0. The molecule has 0 saturated carbocycles. The highest BCUT2D eigenvalue weighted by Crippen LogP contribution is 2.21. The van der Waals surface area contributed by atoms with E-state index in [-0.39, 0.29) is 5.91 Å². The third kappa shape index (κ3) is 3.03. The summed E-state index contributed by atoms with van der Waals surface area (Å²) < 4.78 is 0.763. The molecular weight excluding hydrogens is 318 g/mol. The molecule has 1 N–H and O–H groups in total. The average molecular weight is 326 g/mol. The van der Waals surface area contributed by atoms with E-state index in [0.29, 0.717) is 22.4 Å². The second kappa shape index (κ2) is 6.01. The van der Waals surface area contributed by atoms with Crippen molar-refractivity contribution < 1.29 is 4.79 Å². The molecule has 2 rings (SSSR count). The van der Waals surface area contributed by atoms with Gasteiger partial charge >= 0.3 is 0 Å². The van der Waals surface area contributed by atoms with E-state index < -0.39 is 0 Å². The number of rotatable bonds is 2. The lowest BCUT2D eigenvalue weighted by Gasteiger charge is -2.07. The van der Waals surface area contributed by atoms with Crippen molar-refractivity contribution in [3.63, 3.8) is 0 Å². The minimum absolute atomic E-state index is 0.360. The lowest BCUT2D eigenvalue weighted by molar-refractivity contribution is 0.102. The first kappa shape index (κ1) is 13.8. The zero-order chi connectivity index (χ0) is 14.5. The number of hydrogen-bond donors (Lipinski definition) is 1. The van der Waals surface area contributed by atoms with Crippen LogP contribution < -0.4 is 5.32 Å². The number of nitrogens with zero attached hydrogens (tertiary/aromatic N) is 2. The normalized spacial score (nSPS) is 9.35. The molecule has 1 amide bonds. The van der Waals surface area contributed by atoms with Gasteiger partial charge in [0.05, 0.1) is 22.9 Å². The first-order valence-electron chi connectivity index (χ1n) is 5.65. The van der Waals surface area contributed by atoms with Crippen molar-refractivity contribution in [3.8, 4) is 12.1 Å². The van der Waals surface area contributed by atoms with Gasteiger partial charge in [0.1, 0.15) is 6.07 Å². The number of carbonyl (C=O) groups excluding carboxylic acids is 1. The maximum Gasteiger partial charge on any atom is 0.255 e. The van der Waals surface area contributed by atoms with Gasteiger partial charge in [0.25, 0.3) is 5.91 Å². The van der Waals surface area contributed by atoms with Crippen LogP contribution in [0.1, 0.15) is 21.5 Å². The van der Waals surface area contributed by atoms with E-state index in [1.165, 1.54) is 6.07 Å². The summed E-state index contributed by atoms with van der Waals surface area (Å²) in [5.74, 6) is -0.360. The molecule has 0 heterocycles. The number of halogens is 1. The van der Waals surface area contributed by atoms with Gasteiger partial charge in [-0.15, -0.1) is 0 Å². The molecule has 0 aliphatic carbocycles. The Morgan fingerprint density at radius 1 is 1.10 bits per heavy atom. The molecule has 0 spiro atoms. The van der Waals surface area contributed by atoms with Crippen molar-refractivity contribution in [2.75, 3.05) is 5.32 Å². The van der Waals surface area contributed by atoms with Gasteiger partial charge < -0.3 is 5.32 Å². The molecule has 2 aromatic rings. The van der Waals surface area contributed by atoms with E-state index in [1.807, 2.05) is 12.1 Å². The quantitative estimate of drug-likeness (QED) is 0.918. The van der Waals surface area contributed by atoms with Crippen LogP contribution in [0.15, 0.2) is 46.9 Å². The van der Waals surface area contributed by atoms with Gasteiger partial charge in [0.15, 0.2) is 0 Å². The number of nitrogens with one attached hydrogen (secondary N) is 1. The summed E-state index contributed by atoms with van der Waals surface area (Å²) >= 11 is 3.27. The Bertz CT molecular complexity index is 756. The standard InChI is InChI=1S/C15H8BrN3O/c16-13-4-5-14(12(7-13)9-18)19-15(20)11-3-1-2-10(6-11)8-17/h1-7H,(H,19,20). The maximum atomic E-state index is 12.1. The number of nitriles is 2. The Balaban J connectivity index is 2.28. The van der Waals surface area contributed by atoms with Crippen LogP contribution >= 0.6 is 15.9 Å². The summed E-state index contributed by atoms with van der Waals surface area (Å²) in [6, 6.07) is 15.4. The zero-order valence-electron chi connectivity index (χ0n) is 10.2. The minimum Gasteiger partial charge on any atom is -0.321 e. The van der Waals surface area contributed by atoms with Crippen LogP contribution in [0.5, 0.6) is 0 Å². The van der Waals surface area contributed by atoms with Gasteiger partial charge in [-0.05, 0) is 36.4 Å². The highest BCUT2D eigenvalue weighted by Gasteiger charge is 2.10. The Morgan fingerprint density at radius 3 is 2.60 bits per heavy atom. The van der Waals surface area contributed by atoms with Crippen molar-refractivity contribution in [1.29, 1.82) is 10.5 Å². The van der Waals surface area contributed by atoms with Crippen LogP contribution in [0.4, 0.5) is 5.69 Å². The van der Waals surface area contributed by atoms with E-state index in [4.69, 9.17) is 10.5 Å². The van der Waals surface area contributed by atoms with Gasteiger partial charge in [0.2, 0.25) is 0 Å². The highest BCUT2D eigenvalue weighted by atomic mass is 79.9. The average Bonchev–Trinajstić information content (AvgIpc) is 2.49. The summed E-state index contributed by atoms with van der Waals surface area (Å²) in [5.41, 5.74) is 1.58. The SMILES string of the molecule is N#Cc1cccc(C(=O)Nc2ccc(Br)cc2C#N)c1. The highest BCUT2D eigenvalue weighted by molar-refractivity contribution is 9.10. The van der Waals surface area contributed by atoms with E-state index in [1.54, 1.807) is 36.4 Å². The molecule has 0 atom stereocenters. The predicted molar refractivity (Wildman–Crippen MR) is 78.0 cm³/mol. The maximum absolute atomic E-state index is 12.1. The number of amides is 1. The summed E-state index contributed by atoms with van der Waals surface area (Å²) in [6.45, 7) is 0. The van der Waals surface area contributed by atoms with E-state index in [0.717, 1.165) is 4.47 Å². The van der Waals surface area contributed by atoms with E-state index >= 15 is 0 Å². The van der Waals surface area contributed by atoms with Crippen LogP contribution in [-0.2, 0) is 0 Å². The second-order valence-corrected chi connectivity index (χ2v) is 4.86. The van der Waals surface area contributed by atoms with Crippen molar-refractivity contribution in [3.05, 3.63) is 63.6 Å². The molecule has 0 aliphatic heterocycles. The number of anilines is 1. The summed E-state index contributed by atoms with van der Waals surface area (Å²) in [5, 5.41) is 20.5. The lowest BCUT2D eigenvalue weighted by Crippen LogP contribution is -2.13. The first-order valence-corrected chi connectivity index (χ1v) is 6.44. The predicted octanol–water partition coefficient (Wildman–Crippen LogP) is 3.44. The smallest absolute Gasteiger partial charge is 0.255 e. The van der Waals surface area contributed by atoms with E-state index in [9.17, 15) is 4.79 Å². The molecule has 0 saturated heterocycles. The Kier molecular flexibility index (Phi) is 4.14. The molecule has 0 radical (unpaired) electrons. The number of benzene rings is 2. The van der Waals surface area contributed by atoms with Crippen LogP contribution in [-0.4, -0.2) is 5.91 Å². The Labute approximate surface area is 124 Å².